The van der Waals surface area contributed by atoms with Gasteiger partial charge < -0.3 is 5.11 Å². The van der Waals surface area contributed by atoms with Crippen molar-refractivity contribution < 1.29 is 5.11 Å². The summed E-state index contributed by atoms with van der Waals surface area (Å²) in [5.41, 5.74) is 2.03. The van der Waals surface area contributed by atoms with Crippen LogP contribution in [0.5, 0.6) is 5.88 Å². The third kappa shape index (κ3) is 3.88. The molecule has 0 fully saturated rings. The van der Waals surface area contributed by atoms with E-state index >= 15 is 0 Å². The van der Waals surface area contributed by atoms with Crippen molar-refractivity contribution >= 4 is 69.0 Å². The summed E-state index contributed by atoms with van der Waals surface area (Å²) >= 11 is 24.5. The fourth-order valence-corrected chi connectivity index (χ4v) is 3.79. The minimum absolute atomic E-state index is 0.108. The van der Waals surface area contributed by atoms with Crippen LogP contribution in [0.3, 0.4) is 0 Å². The van der Waals surface area contributed by atoms with E-state index in [0.717, 1.165) is 16.9 Å². The van der Waals surface area contributed by atoms with E-state index in [9.17, 15) is 5.11 Å². The third-order valence-electron chi connectivity index (χ3n) is 3.34. The predicted octanol–water partition coefficient (Wildman–Crippen LogP) is 7.66. The van der Waals surface area contributed by atoms with Gasteiger partial charge in [-0.05, 0) is 55.0 Å². The zero-order chi connectivity index (χ0) is 18.1. The first-order valence-corrected chi connectivity index (χ1v) is 9.31. The number of aromatic nitrogens is 1. The van der Waals surface area contributed by atoms with Crippen molar-refractivity contribution in [2.75, 3.05) is 0 Å². The maximum atomic E-state index is 10.5. The number of azo groups is 1. The Kier molecular flexibility index (Phi) is 5.46. The number of nitrogens with zero attached hydrogens (tertiary/aromatic N) is 3. The lowest BCUT2D eigenvalue weighted by molar-refractivity contribution is 0.443. The van der Waals surface area contributed by atoms with Gasteiger partial charge in [-0.2, -0.15) is 0 Å². The van der Waals surface area contributed by atoms with E-state index in [0.29, 0.717) is 30.4 Å². The van der Waals surface area contributed by atoms with Crippen LogP contribution < -0.4 is 0 Å². The lowest BCUT2D eigenvalue weighted by Gasteiger charge is -2.06. The number of halogens is 3. The van der Waals surface area contributed by atoms with Crippen molar-refractivity contribution in [3.8, 4) is 11.6 Å². The highest BCUT2D eigenvalue weighted by Crippen LogP contribution is 2.39. The molecule has 0 saturated heterocycles. The molecule has 0 aliphatic rings. The van der Waals surface area contributed by atoms with E-state index in [-0.39, 0.29) is 10.9 Å². The van der Waals surface area contributed by atoms with Crippen molar-refractivity contribution in [3.63, 3.8) is 0 Å². The first kappa shape index (κ1) is 18.4. The molecular formula is C16H10Cl3N3OS2. The van der Waals surface area contributed by atoms with Crippen molar-refractivity contribution in [2.24, 2.45) is 10.2 Å². The first-order valence-electron chi connectivity index (χ1n) is 6.95. The molecule has 4 nitrogen and oxygen atoms in total. The van der Waals surface area contributed by atoms with Crippen LogP contribution >= 0.6 is 58.4 Å². The molecule has 0 unspecified atom stereocenters. The van der Waals surface area contributed by atoms with Crippen LogP contribution in [-0.4, -0.2) is 9.67 Å². The van der Waals surface area contributed by atoms with Gasteiger partial charge in [0.1, 0.15) is 5.69 Å². The quantitative estimate of drug-likeness (QED) is 0.342. The Morgan fingerprint density at radius 1 is 1.04 bits per heavy atom. The molecule has 3 aromatic rings. The minimum atomic E-state index is -0.108. The molecular weight excluding hydrogens is 421 g/mol. The van der Waals surface area contributed by atoms with Crippen LogP contribution in [0.2, 0.25) is 15.1 Å². The van der Waals surface area contributed by atoms with E-state index in [1.807, 2.05) is 19.1 Å². The number of thiazole rings is 1. The second-order valence-corrected chi connectivity index (χ2v) is 7.93. The molecule has 1 heterocycles. The Bertz CT molecular complexity index is 1040. The lowest BCUT2D eigenvalue weighted by Crippen LogP contribution is -1.93. The molecule has 0 aliphatic carbocycles. The summed E-state index contributed by atoms with van der Waals surface area (Å²) in [4.78, 5) is 0. The topological polar surface area (TPSA) is 49.9 Å². The molecule has 25 heavy (non-hydrogen) atoms. The molecule has 0 radical (unpaired) electrons. The van der Waals surface area contributed by atoms with Crippen LogP contribution in [0.1, 0.15) is 5.56 Å². The molecule has 9 heteroatoms. The molecule has 0 saturated carbocycles. The smallest absolute Gasteiger partial charge is 0.236 e. The van der Waals surface area contributed by atoms with Gasteiger partial charge >= 0.3 is 0 Å². The molecule has 0 atom stereocenters. The van der Waals surface area contributed by atoms with Crippen molar-refractivity contribution in [1.82, 2.24) is 4.57 Å². The molecule has 0 amide bonds. The maximum Gasteiger partial charge on any atom is 0.236 e. The summed E-state index contributed by atoms with van der Waals surface area (Å²) in [6, 6.07) is 10.3. The molecule has 0 aliphatic heterocycles. The van der Waals surface area contributed by atoms with Crippen molar-refractivity contribution in [2.45, 2.75) is 6.92 Å². The molecule has 0 bridgehead atoms. The summed E-state index contributed by atoms with van der Waals surface area (Å²) < 4.78 is 1.91. The average Bonchev–Trinajstić information content (AvgIpc) is 2.83. The van der Waals surface area contributed by atoms with Crippen LogP contribution in [0.25, 0.3) is 5.69 Å². The zero-order valence-corrected chi connectivity index (χ0v) is 16.6. The van der Waals surface area contributed by atoms with Gasteiger partial charge in [-0.1, -0.05) is 52.2 Å². The van der Waals surface area contributed by atoms with E-state index in [1.165, 1.54) is 4.57 Å². The highest BCUT2D eigenvalue weighted by molar-refractivity contribution is 7.73. The van der Waals surface area contributed by atoms with E-state index in [1.54, 1.807) is 24.3 Å². The Hall–Kier alpha value is -1.44. The van der Waals surface area contributed by atoms with E-state index < -0.39 is 0 Å². The van der Waals surface area contributed by atoms with Crippen LogP contribution in [0, 0.1) is 10.9 Å². The van der Waals surface area contributed by atoms with Gasteiger partial charge in [0.15, 0.2) is 3.95 Å². The molecule has 128 valence electrons. The maximum absolute atomic E-state index is 10.5. The summed E-state index contributed by atoms with van der Waals surface area (Å²) in [6.07, 6.45) is 0. The normalized spacial score (nSPS) is 11.4. The largest absolute Gasteiger partial charge is 0.492 e. The summed E-state index contributed by atoms with van der Waals surface area (Å²) in [5.74, 6) is -0.108. The van der Waals surface area contributed by atoms with Gasteiger partial charge in [0.2, 0.25) is 10.9 Å². The van der Waals surface area contributed by atoms with E-state index in [4.69, 9.17) is 47.0 Å². The van der Waals surface area contributed by atoms with Crippen molar-refractivity contribution in [1.29, 1.82) is 0 Å². The summed E-state index contributed by atoms with van der Waals surface area (Å²) in [7, 11) is 0. The van der Waals surface area contributed by atoms with Gasteiger partial charge in [0.05, 0.1) is 10.7 Å². The van der Waals surface area contributed by atoms with E-state index in [2.05, 4.69) is 10.2 Å². The summed E-state index contributed by atoms with van der Waals surface area (Å²) in [5, 5.41) is 20.3. The molecule has 3 rings (SSSR count). The minimum Gasteiger partial charge on any atom is -0.492 e. The van der Waals surface area contributed by atoms with Gasteiger partial charge in [-0.3, -0.25) is 4.57 Å². The molecule has 0 spiro atoms. The SMILES string of the molecule is Cc1ccc(-n2c(O)c(N=Nc3ccc(Cl)cc3Cl)sc2=S)cc1Cl. The number of hydrogen-bond donors (Lipinski definition) is 1. The van der Waals surface area contributed by atoms with Crippen LogP contribution in [0.15, 0.2) is 46.6 Å². The Balaban J connectivity index is 2.01. The van der Waals surface area contributed by atoms with Crippen LogP contribution in [-0.2, 0) is 0 Å². The zero-order valence-electron chi connectivity index (χ0n) is 12.7. The Morgan fingerprint density at radius 2 is 1.80 bits per heavy atom. The predicted molar refractivity (Wildman–Crippen MR) is 107 cm³/mol. The number of benzene rings is 2. The molecule has 1 N–H and O–H groups in total. The Labute approximate surface area is 167 Å². The fourth-order valence-electron chi connectivity index (χ4n) is 2.03. The first-order chi connectivity index (χ1) is 11.9. The third-order valence-corrected chi connectivity index (χ3v) is 5.53. The number of aryl methyl sites for hydroxylation is 1. The highest BCUT2D eigenvalue weighted by Gasteiger charge is 2.14. The van der Waals surface area contributed by atoms with Gasteiger partial charge in [-0.15, -0.1) is 10.2 Å². The molecule has 1 aromatic heterocycles. The highest BCUT2D eigenvalue weighted by atomic mass is 35.5. The monoisotopic (exact) mass is 429 g/mol. The second-order valence-electron chi connectivity index (χ2n) is 5.06. The second kappa shape index (κ2) is 7.43. The standard InChI is InChI=1S/C16H10Cl3N3OS2/c1-8-2-4-10(7-11(8)18)22-15(23)14(25-16(22)24)21-20-13-5-3-9(17)6-12(13)19/h2-7,23H,1H3. The lowest BCUT2D eigenvalue weighted by atomic mass is 10.2. The fraction of sp³-hybridized carbons (Fsp3) is 0.0625. The summed E-state index contributed by atoms with van der Waals surface area (Å²) in [6.45, 7) is 1.90. The van der Waals surface area contributed by atoms with Gasteiger partial charge in [-0.25, -0.2) is 0 Å². The number of rotatable bonds is 3. The number of aromatic hydroxyl groups is 1. The van der Waals surface area contributed by atoms with Gasteiger partial charge in [0, 0.05) is 10.0 Å². The average molecular weight is 431 g/mol. The van der Waals surface area contributed by atoms with Crippen LogP contribution in [0.4, 0.5) is 10.7 Å². The molecule has 2 aromatic carbocycles. The van der Waals surface area contributed by atoms with Gasteiger partial charge in [0.25, 0.3) is 0 Å². The number of hydrogen-bond acceptors (Lipinski definition) is 5. The Morgan fingerprint density at radius 3 is 2.48 bits per heavy atom. The van der Waals surface area contributed by atoms with Crippen molar-refractivity contribution in [3.05, 3.63) is 61.0 Å².